The van der Waals surface area contributed by atoms with Crippen LogP contribution < -0.4 is 0 Å². The van der Waals surface area contributed by atoms with Gasteiger partial charge in [-0.25, -0.2) is 4.57 Å². The van der Waals surface area contributed by atoms with Crippen LogP contribution in [0.1, 0.15) is 26.2 Å². The van der Waals surface area contributed by atoms with Gasteiger partial charge in [-0.05, 0) is 25.2 Å². The quantitative estimate of drug-likeness (QED) is 0.582. The van der Waals surface area contributed by atoms with E-state index in [2.05, 4.69) is 4.52 Å². The van der Waals surface area contributed by atoms with Crippen molar-refractivity contribution in [1.29, 1.82) is 0 Å². The maximum atomic E-state index is 10.5. The summed E-state index contributed by atoms with van der Waals surface area (Å²) in [7, 11) is -4.46. The van der Waals surface area contributed by atoms with Crippen molar-refractivity contribution in [2.45, 2.75) is 38.4 Å². The van der Waals surface area contributed by atoms with Gasteiger partial charge in [-0.1, -0.05) is 6.92 Å². The molecule has 1 aliphatic rings. The molecule has 0 radical (unpaired) electrons. The van der Waals surface area contributed by atoms with Crippen LogP contribution in [-0.4, -0.2) is 27.1 Å². The number of aliphatic hydroxyl groups is 1. The molecule has 0 spiro atoms. The molecule has 0 amide bonds. The number of hydrogen-bond acceptors (Lipinski definition) is 3. The van der Waals surface area contributed by atoms with Gasteiger partial charge in [-0.2, -0.15) is 0 Å². The maximum Gasteiger partial charge on any atom is 0.469 e. The van der Waals surface area contributed by atoms with Crippen molar-refractivity contribution in [3.05, 3.63) is 0 Å². The lowest BCUT2D eigenvalue weighted by atomic mass is 9.87. The highest BCUT2D eigenvalue weighted by Crippen LogP contribution is 2.41. The Morgan fingerprint density at radius 1 is 1.38 bits per heavy atom. The van der Waals surface area contributed by atoms with Gasteiger partial charge < -0.3 is 14.9 Å². The molecular formula is C7H15O5P. The Morgan fingerprint density at radius 2 is 2.00 bits per heavy atom. The third-order valence-electron chi connectivity index (χ3n) is 2.29. The molecule has 3 N–H and O–H groups in total. The highest BCUT2D eigenvalue weighted by molar-refractivity contribution is 7.46. The minimum absolute atomic E-state index is 0.347. The zero-order valence-electron chi connectivity index (χ0n) is 7.46. The molecule has 3 unspecified atom stereocenters. The van der Waals surface area contributed by atoms with Gasteiger partial charge in [-0.15, -0.1) is 0 Å². The Bertz CT molecular complexity index is 213. The topological polar surface area (TPSA) is 87.0 Å². The van der Waals surface area contributed by atoms with Crippen LogP contribution in [0.25, 0.3) is 0 Å². The standard InChI is InChI=1S/C7H15O5P/c1-5-2-3-6(8)7(4-5)12-13(9,10)11/h5-8H,2-4H2,1H3,(H2,9,10,11). The van der Waals surface area contributed by atoms with E-state index in [0.29, 0.717) is 18.8 Å². The number of aliphatic hydroxyl groups excluding tert-OH is 1. The Labute approximate surface area is 77.0 Å². The maximum absolute atomic E-state index is 10.5. The minimum Gasteiger partial charge on any atom is -0.390 e. The summed E-state index contributed by atoms with van der Waals surface area (Å²) in [4.78, 5) is 17.1. The normalized spacial score (nSPS) is 36.2. The fraction of sp³-hybridized carbons (Fsp3) is 1.00. The SMILES string of the molecule is CC1CCC(O)C(OP(=O)(O)O)C1. The molecule has 0 aromatic carbocycles. The molecule has 1 saturated carbocycles. The van der Waals surface area contributed by atoms with E-state index >= 15 is 0 Å². The second-order valence-corrected chi connectivity index (χ2v) is 4.81. The van der Waals surface area contributed by atoms with Crippen LogP contribution in [0.2, 0.25) is 0 Å². The van der Waals surface area contributed by atoms with Gasteiger partial charge in [-0.3, -0.25) is 4.52 Å². The van der Waals surface area contributed by atoms with E-state index in [0.717, 1.165) is 6.42 Å². The van der Waals surface area contributed by atoms with Gasteiger partial charge in [0.05, 0.1) is 12.2 Å². The molecule has 1 rings (SSSR count). The average molecular weight is 210 g/mol. The largest absolute Gasteiger partial charge is 0.469 e. The van der Waals surface area contributed by atoms with E-state index in [1.807, 2.05) is 6.92 Å². The summed E-state index contributed by atoms with van der Waals surface area (Å²) in [6.45, 7) is 1.97. The third kappa shape index (κ3) is 3.75. The lowest BCUT2D eigenvalue weighted by molar-refractivity contribution is -0.0217. The third-order valence-corrected chi connectivity index (χ3v) is 2.84. The number of hydrogen-bond donors (Lipinski definition) is 3. The average Bonchev–Trinajstić information content (AvgIpc) is 1.94. The Morgan fingerprint density at radius 3 is 2.54 bits per heavy atom. The van der Waals surface area contributed by atoms with Crippen molar-refractivity contribution < 1.29 is 24.0 Å². The lowest BCUT2D eigenvalue weighted by Crippen LogP contribution is -2.34. The highest BCUT2D eigenvalue weighted by atomic mass is 31.2. The molecule has 13 heavy (non-hydrogen) atoms. The van der Waals surface area contributed by atoms with Crippen LogP contribution in [0.15, 0.2) is 0 Å². The molecule has 0 aromatic rings. The van der Waals surface area contributed by atoms with Gasteiger partial charge in [0.2, 0.25) is 0 Å². The monoisotopic (exact) mass is 210 g/mol. The minimum atomic E-state index is -4.46. The van der Waals surface area contributed by atoms with Crippen LogP contribution in [0, 0.1) is 5.92 Å². The number of phosphoric ester groups is 1. The Balaban J connectivity index is 2.51. The number of rotatable bonds is 2. The van der Waals surface area contributed by atoms with Crippen LogP contribution in [0.4, 0.5) is 0 Å². The van der Waals surface area contributed by atoms with E-state index in [4.69, 9.17) is 9.79 Å². The van der Waals surface area contributed by atoms with E-state index in [1.165, 1.54) is 0 Å². The van der Waals surface area contributed by atoms with E-state index in [1.54, 1.807) is 0 Å². The highest BCUT2D eigenvalue weighted by Gasteiger charge is 2.32. The molecular weight excluding hydrogens is 195 g/mol. The summed E-state index contributed by atoms with van der Waals surface area (Å²) >= 11 is 0. The molecule has 1 fully saturated rings. The molecule has 78 valence electrons. The fourth-order valence-corrected chi connectivity index (χ4v) is 2.18. The van der Waals surface area contributed by atoms with Crippen molar-refractivity contribution in [1.82, 2.24) is 0 Å². The zero-order chi connectivity index (χ0) is 10.1. The molecule has 1 aliphatic carbocycles. The van der Waals surface area contributed by atoms with Crippen molar-refractivity contribution >= 4 is 7.82 Å². The number of phosphoric acid groups is 1. The van der Waals surface area contributed by atoms with E-state index in [9.17, 15) is 9.67 Å². The molecule has 0 saturated heterocycles. The predicted octanol–water partition coefficient (Wildman–Crippen LogP) is 0.645. The summed E-state index contributed by atoms with van der Waals surface area (Å²) in [6, 6.07) is 0. The lowest BCUT2D eigenvalue weighted by Gasteiger charge is -2.31. The molecule has 0 bridgehead atoms. The summed E-state index contributed by atoms with van der Waals surface area (Å²) in [5, 5.41) is 9.38. The summed E-state index contributed by atoms with van der Waals surface area (Å²) < 4.78 is 15.0. The predicted molar refractivity (Wildman–Crippen MR) is 45.9 cm³/mol. The van der Waals surface area contributed by atoms with Gasteiger partial charge >= 0.3 is 7.82 Å². The van der Waals surface area contributed by atoms with E-state index < -0.39 is 20.0 Å². The first-order valence-electron chi connectivity index (χ1n) is 4.30. The van der Waals surface area contributed by atoms with Gasteiger partial charge in [0.25, 0.3) is 0 Å². The molecule has 0 aromatic heterocycles. The van der Waals surface area contributed by atoms with Gasteiger partial charge in [0, 0.05) is 0 Å². The van der Waals surface area contributed by atoms with Crippen molar-refractivity contribution in [3.63, 3.8) is 0 Å². The fourth-order valence-electron chi connectivity index (χ4n) is 1.60. The van der Waals surface area contributed by atoms with Crippen molar-refractivity contribution in [2.75, 3.05) is 0 Å². The molecule has 6 heteroatoms. The molecule has 5 nitrogen and oxygen atoms in total. The summed E-state index contributed by atoms with van der Waals surface area (Å²) in [5.74, 6) is 0.347. The van der Waals surface area contributed by atoms with Gasteiger partial charge in [0.1, 0.15) is 0 Å². The van der Waals surface area contributed by atoms with Crippen LogP contribution in [0.3, 0.4) is 0 Å². The molecule has 0 aliphatic heterocycles. The molecule has 0 heterocycles. The second kappa shape index (κ2) is 4.07. The summed E-state index contributed by atoms with van der Waals surface area (Å²) in [6.07, 6.45) is 0.466. The summed E-state index contributed by atoms with van der Waals surface area (Å²) in [5.41, 5.74) is 0. The molecule has 3 atom stereocenters. The van der Waals surface area contributed by atoms with Crippen LogP contribution in [0.5, 0.6) is 0 Å². The van der Waals surface area contributed by atoms with Gasteiger partial charge in [0.15, 0.2) is 0 Å². The zero-order valence-corrected chi connectivity index (χ0v) is 8.35. The van der Waals surface area contributed by atoms with Crippen molar-refractivity contribution in [3.8, 4) is 0 Å². The Hall–Kier alpha value is 0.0700. The van der Waals surface area contributed by atoms with Crippen molar-refractivity contribution in [2.24, 2.45) is 5.92 Å². The van der Waals surface area contributed by atoms with E-state index in [-0.39, 0.29) is 0 Å². The second-order valence-electron chi connectivity index (χ2n) is 3.62. The smallest absolute Gasteiger partial charge is 0.390 e. The first-order chi connectivity index (χ1) is 5.88. The van der Waals surface area contributed by atoms with Crippen LogP contribution in [-0.2, 0) is 9.09 Å². The first-order valence-corrected chi connectivity index (χ1v) is 5.83. The Kier molecular flexibility index (Phi) is 3.49. The van der Waals surface area contributed by atoms with Crippen LogP contribution >= 0.6 is 7.82 Å². The first kappa shape index (κ1) is 11.1.